The molecule has 2 aromatic rings. The minimum absolute atomic E-state index is 0.0207. The van der Waals surface area contributed by atoms with Gasteiger partial charge in [-0.05, 0) is 60.1 Å². The summed E-state index contributed by atoms with van der Waals surface area (Å²) >= 11 is 0. The molecular weight excluding hydrogens is 490 g/mol. The number of likely N-dealkylation sites (N-methyl/N-ethyl adjacent to an activating group) is 1. The lowest BCUT2D eigenvalue weighted by molar-refractivity contribution is -0.908. The molecule has 0 amide bonds. The number of quaternary nitrogens is 1. The molecule has 0 saturated carbocycles. The van der Waals surface area contributed by atoms with Gasteiger partial charge in [-0.2, -0.15) is 0 Å². The van der Waals surface area contributed by atoms with Gasteiger partial charge in [-0.3, -0.25) is 4.18 Å². The van der Waals surface area contributed by atoms with Crippen LogP contribution in [0, 0.1) is 0 Å². The second-order valence-corrected chi connectivity index (χ2v) is 12.8. The molecule has 210 valence electrons. The molecule has 0 aromatic heterocycles. The van der Waals surface area contributed by atoms with E-state index in [4.69, 9.17) is 9.47 Å². The Hall–Kier alpha value is -2.13. The zero-order valence-electron chi connectivity index (χ0n) is 24.3. The van der Waals surface area contributed by atoms with Crippen molar-refractivity contribution >= 4 is 10.4 Å². The van der Waals surface area contributed by atoms with Crippen molar-refractivity contribution in [2.75, 3.05) is 40.4 Å². The van der Waals surface area contributed by atoms with Gasteiger partial charge in [0.25, 0.3) is 0 Å². The molecule has 1 atom stereocenters. The molecule has 2 rings (SSSR count). The van der Waals surface area contributed by atoms with E-state index in [1.807, 2.05) is 0 Å². The molecule has 0 fully saturated rings. The van der Waals surface area contributed by atoms with Gasteiger partial charge < -0.3 is 18.5 Å². The second-order valence-electron chi connectivity index (χ2n) is 11.6. The molecule has 37 heavy (non-hydrogen) atoms. The predicted molar refractivity (Wildman–Crippen MR) is 149 cm³/mol. The van der Waals surface area contributed by atoms with E-state index < -0.39 is 10.4 Å². The van der Waals surface area contributed by atoms with Crippen LogP contribution >= 0.6 is 0 Å². The zero-order valence-corrected chi connectivity index (χ0v) is 25.1. The van der Waals surface area contributed by atoms with Crippen molar-refractivity contribution in [1.29, 1.82) is 0 Å². The van der Waals surface area contributed by atoms with E-state index in [1.54, 1.807) is 0 Å². The fraction of sp³-hybridized carbons (Fsp3) is 0.586. The minimum atomic E-state index is -4.41. The molecule has 0 spiro atoms. The van der Waals surface area contributed by atoms with Gasteiger partial charge in [0.05, 0.1) is 27.2 Å². The molecule has 7 nitrogen and oxygen atoms in total. The van der Waals surface area contributed by atoms with Crippen molar-refractivity contribution in [3.8, 4) is 11.5 Å². The molecule has 0 aliphatic heterocycles. The first-order valence-electron chi connectivity index (χ1n) is 12.8. The van der Waals surface area contributed by atoms with Crippen LogP contribution in [-0.4, -0.2) is 64.0 Å². The molecule has 0 aliphatic carbocycles. The third-order valence-electron chi connectivity index (χ3n) is 6.55. The quantitative estimate of drug-likeness (QED) is 0.220. The summed E-state index contributed by atoms with van der Waals surface area (Å²) in [6.07, 6.45) is -0.0207. The van der Waals surface area contributed by atoms with Crippen LogP contribution in [0.25, 0.3) is 0 Å². The van der Waals surface area contributed by atoms with E-state index in [2.05, 4.69) is 115 Å². The molecule has 2 aromatic carbocycles. The summed E-state index contributed by atoms with van der Waals surface area (Å²) in [6, 6.07) is 17.0. The van der Waals surface area contributed by atoms with Crippen molar-refractivity contribution in [2.45, 2.75) is 72.3 Å². The highest BCUT2D eigenvalue weighted by atomic mass is 32.3. The third kappa shape index (κ3) is 12.3. The lowest BCUT2D eigenvalue weighted by atomic mass is 9.87. The van der Waals surface area contributed by atoms with Gasteiger partial charge in [0.1, 0.15) is 24.7 Å². The third-order valence-corrected chi connectivity index (χ3v) is 6.96. The topological polar surface area (TPSA) is 84.9 Å². The number of hydrogen-bond acceptors (Lipinski definition) is 6. The maximum Gasteiger partial charge on any atom is 0.217 e. The number of benzene rings is 2. The largest absolute Gasteiger partial charge is 0.726 e. The van der Waals surface area contributed by atoms with Crippen LogP contribution < -0.4 is 9.47 Å². The van der Waals surface area contributed by atoms with E-state index >= 15 is 0 Å². The van der Waals surface area contributed by atoms with Crippen molar-refractivity contribution in [3.63, 3.8) is 0 Å². The summed E-state index contributed by atoms with van der Waals surface area (Å²) in [4.78, 5) is 0. The van der Waals surface area contributed by atoms with Crippen molar-refractivity contribution in [2.24, 2.45) is 0 Å². The monoisotopic (exact) mass is 537 g/mol. The van der Waals surface area contributed by atoms with Gasteiger partial charge in [0.15, 0.2) is 6.10 Å². The Labute approximate surface area is 225 Å². The first-order valence-corrected chi connectivity index (χ1v) is 14.1. The Morgan fingerprint density at radius 3 is 1.51 bits per heavy atom. The fourth-order valence-electron chi connectivity index (χ4n) is 3.56. The van der Waals surface area contributed by atoms with E-state index in [-0.39, 0.29) is 16.9 Å². The van der Waals surface area contributed by atoms with Crippen LogP contribution in [0.4, 0.5) is 0 Å². The molecule has 0 saturated heterocycles. The van der Waals surface area contributed by atoms with Crippen LogP contribution in [0.3, 0.4) is 0 Å². The first-order chi connectivity index (χ1) is 16.9. The minimum Gasteiger partial charge on any atom is -0.726 e. The number of hydrogen-bond donors (Lipinski definition) is 0. The Bertz CT molecular complexity index is 1030. The number of nitrogens with zero attached hydrogens (tertiary/aromatic N) is 1. The molecular formula is C29H47NO6S. The molecule has 0 bridgehead atoms. The van der Waals surface area contributed by atoms with Crippen molar-refractivity contribution < 1.29 is 31.1 Å². The Kier molecular flexibility index (Phi) is 12.1. The van der Waals surface area contributed by atoms with E-state index in [9.17, 15) is 13.0 Å². The SMILES string of the molecule is CC[N+](C)(CC)CC(COc1ccc(C(C)(C)C)cc1)Oc1ccc(C(C)(C)C)cc1.COS(=O)(=O)[O-]. The van der Waals surface area contributed by atoms with Crippen molar-refractivity contribution in [3.05, 3.63) is 59.7 Å². The van der Waals surface area contributed by atoms with Gasteiger partial charge >= 0.3 is 0 Å². The number of ether oxygens (including phenoxy) is 2. The molecule has 0 heterocycles. The smallest absolute Gasteiger partial charge is 0.217 e. The van der Waals surface area contributed by atoms with Crippen LogP contribution in [0.5, 0.6) is 11.5 Å². The predicted octanol–water partition coefficient (Wildman–Crippen LogP) is 5.69. The van der Waals surface area contributed by atoms with Crippen molar-refractivity contribution in [1.82, 2.24) is 0 Å². The van der Waals surface area contributed by atoms with Crippen LogP contribution in [0.1, 0.15) is 66.5 Å². The summed E-state index contributed by atoms with van der Waals surface area (Å²) in [7, 11) is -1.32. The van der Waals surface area contributed by atoms with Gasteiger partial charge in [-0.25, -0.2) is 8.42 Å². The van der Waals surface area contributed by atoms with Gasteiger partial charge in [0, 0.05) is 0 Å². The lowest BCUT2D eigenvalue weighted by Crippen LogP contribution is -2.51. The van der Waals surface area contributed by atoms with Crippen LogP contribution in [0.15, 0.2) is 48.5 Å². The summed E-state index contributed by atoms with van der Waals surface area (Å²) in [5.41, 5.74) is 2.91. The lowest BCUT2D eigenvalue weighted by Gasteiger charge is -2.35. The summed E-state index contributed by atoms with van der Waals surface area (Å²) < 4.78 is 44.6. The normalized spacial score (nSPS) is 13.4. The molecule has 0 N–H and O–H groups in total. The van der Waals surface area contributed by atoms with Gasteiger partial charge in [-0.1, -0.05) is 65.8 Å². The van der Waals surface area contributed by atoms with Crippen LogP contribution in [-0.2, 0) is 25.4 Å². The molecule has 1 unspecified atom stereocenters. The van der Waals surface area contributed by atoms with E-state index in [0.29, 0.717) is 6.61 Å². The molecule has 0 radical (unpaired) electrons. The maximum atomic E-state index is 9.22. The first kappa shape index (κ1) is 32.9. The second kappa shape index (κ2) is 13.6. The Balaban J connectivity index is 0.00000102. The van der Waals surface area contributed by atoms with E-state index in [0.717, 1.165) is 42.7 Å². The molecule has 0 aliphatic rings. The summed E-state index contributed by atoms with van der Waals surface area (Å²) in [6.45, 7) is 21.4. The van der Waals surface area contributed by atoms with E-state index in [1.165, 1.54) is 11.1 Å². The number of rotatable bonds is 10. The maximum absolute atomic E-state index is 9.22. The van der Waals surface area contributed by atoms with Gasteiger partial charge in [0.2, 0.25) is 10.4 Å². The molecule has 8 heteroatoms. The van der Waals surface area contributed by atoms with Crippen LogP contribution in [0.2, 0.25) is 0 Å². The average Bonchev–Trinajstić information content (AvgIpc) is 2.82. The summed E-state index contributed by atoms with van der Waals surface area (Å²) in [5.74, 6) is 1.80. The van der Waals surface area contributed by atoms with Gasteiger partial charge in [-0.15, -0.1) is 0 Å². The summed E-state index contributed by atoms with van der Waals surface area (Å²) in [5, 5.41) is 0. The Morgan fingerprint density at radius 1 is 0.811 bits per heavy atom. The zero-order chi connectivity index (χ0) is 28.5. The highest BCUT2D eigenvalue weighted by Gasteiger charge is 2.26. The standard InChI is InChI=1S/C28H44NO2.CH4O4S/c1-10-29(9,11-2)20-26(31-25-18-14-23(15-19-25)28(6,7)8)21-30-24-16-12-22(13-17-24)27(3,4)5;1-5-6(2,3)4/h12-19,26H,10-11,20-21H2,1-9H3;1H3,(H,2,3,4)/q+1;/p-1. The highest BCUT2D eigenvalue weighted by molar-refractivity contribution is 7.80. The highest BCUT2D eigenvalue weighted by Crippen LogP contribution is 2.26. The Morgan fingerprint density at radius 2 is 1.19 bits per heavy atom. The fourth-order valence-corrected chi connectivity index (χ4v) is 3.56. The average molecular weight is 538 g/mol.